The van der Waals surface area contributed by atoms with E-state index in [1.165, 1.54) is 0 Å². The number of pyridine rings is 1. The minimum absolute atomic E-state index is 0.135. The van der Waals surface area contributed by atoms with Crippen LogP contribution in [0.25, 0.3) is 17.0 Å². The van der Waals surface area contributed by atoms with Crippen molar-refractivity contribution in [2.45, 2.75) is 19.6 Å². The molecule has 8 heteroatoms. The van der Waals surface area contributed by atoms with E-state index in [4.69, 9.17) is 4.74 Å². The van der Waals surface area contributed by atoms with Gasteiger partial charge in [0.15, 0.2) is 16.5 Å². The minimum Gasteiger partial charge on any atom is -0.497 e. The summed E-state index contributed by atoms with van der Waals surface area (Å²) in [6.45, 7) is 3.36. The normalized spacial score (nSPS) is 12.5. The van der Waals surface area contributed by atoms with Gasteiger partial charge in [0, 0.05) is 29.1 Å². The fraction of sp³-hybridized carbons (Fsp3) is 0.250. The molecule has 0 aliphatic rings. The molecule has 0 bridgehead atoms. The van der Waals surface area contributed by atoms with Gasteiger partial charge in [0.1, 0.15) is 5.75 Å². The minimum atomic E-state index is -2.07. The number of nitrogens with one attached hydrogen (secondary N) is 1. The zero-order chi connectivity index (χ0) is 17.4. The Morgan fingerprint density at radius 2 is 2.12 bits per heavy atom. The van der Waals surface area contributed by atoms with E-state index in [0.717, 1.165) is 11.0 Å². The first-order valence-corrected chi connectivity index (χ1v) is 8.51. The van der Waals surface area contributed by atoms with E-state index in [9.17, 15) is 13.6 Å². The lowest BCUT2D eigenvalue weighted by molar-refractivity contribution is 0.415. The highest BCUT2D eigenvalue weighted by atomic mass is 32.2. The molecule has 3 rings (SSSR count). The zero-order valence-corrected chi connectivity index (χ0v) is 14.3. The Morgan fingerprint density at radius 3 is 2.79 bits per heavy atom. The fourth-order valence-corrected chi connectivity index (χ4v) is 3.23. The van der Waals surface area contributed by atoms with Crippen LogP contribution in [0.2, 0.25) is 0 Å². The van der Waals surface area contributed by atoms with E-state index in [1.807, 2.05) is 12.1 Å². The number of aromatic nitrogens is 3. The number of benzene rings is 1. The van der Waals surface area contributed by atoms with Crippen LogP contribution in [0.5, 0.6) is 5.75 Å². The number of imidazole rings is 1. The predicted octanol–water partition coefficient (Wildman–Crippen LogP) is 2.06. The molecule has 0 aliphatic heterocycles. The zero-order valence-electron chi connectivity index (χ0n) is 13.5. The van der Waals surface area contributed by atoms with Gasteiger partial charge in [-0.1, -0.05) is 0 Å². The van der Waals surface area contributed by atoms with Gasteiger partial charge in [-0.15, -0.1) is 0 Å². The lowest BCUT2D eigenvalue weighted by atomic mass is 10.1. The number of fused-ring (bicyclic) bond motifs is 1. The van der Waals surface area contributed by atoms with Crippen molar-refractivity contribution in [1.29, 1.82) is 0 Å². The maximum absolute atomic E-state index is 12.2. The Labute approximate surface area is 140 Å². The van der Waals surface area contributed by atoms with E-state index in [-0.39, 0.29) is 11.2 Å². The van der Waals surface area contributed by atoms with Crippen molar-refractivity contribution in [3.63, 3.8) is 0 Å². The van der Waals surface area contributed by atoms with Gasteiger partial charge in [-0.05, 0) is 26.0 Å². The summed E-state index contributed by atoms with van der Waals surface area (Å²) in [4.78, 5) is 19.8. The molecule has 3 aromatic rings. The number of methoxy groups -OCH3 is 1. The molecule has 2 heterocycles. The van der Waals surface area contributed by atoms with Crippen LogP contribution < -0.4 is 10.2 Å². The summed E-state index contributed by atoms with van der Waals surface area (Å²) in [7, 11) is 1.58. The molecule has 0 amide bonds. The third-order valence-electron chi connectivity index (χ3n) is 3.91. The van der Waals surface area contributed by atoms with Gasteiger partial charge in [0.05, 0.1) is 23.9 Å². The first kappa shape index (κ1) is 16.4. The van der Waals surface area contributed by atoms with Gasteiger partial charge in [-0.3, -0.25) is 9.36 Å². The van der Waals surface area contributed by atoms with Crippen LogP contribution in [-0.2, 0) is 16.8 Å². The molecule has 1 aromatic carbocycles. The Hall–Kier alpha value is -2.45. The van der Waals surface area contributed by atoms with Gasteiger partial charge in [-0.25, -0.2) is 9.19 Å². The maximum atomic E-state index is 12.2. The van der Waals surface area contributed by atoms with E-state index >= 15 is 0 Å². The molecule has 24 heavy (non-hydrogen) atoms. The molecular formula is C16H17N3O4S. The number of aryl methyl sites for hydroxylation is 1. The molecule has 0 radical (unpaired) electrons. The van der Waals surface area contributed by atoms with Crippen molar-refractivity contribution in [2.75, 3.05) is 7.11 Å². The SMILES string of the molecule is COc1ccc2nc(-n3cc(C)c(=O)c(C)c3CS(=O)O)[nH]c2c1. The first-order valence-electron chi connectivity index (χ1n) is 7.24. The van der Waals surface area contributed by atoms with Crippen LogP contribution in [0.15, 0.2) is 29.2 Å². The van der Waals surface area contributed by atoms with Crippen molar-refractivity contribution in [1.82, 2.24) is 14.5 Å². The van der Waals surface area contributed by atoms with E-state index < -0.39 is 11.1 Å². The number of hydrogen-bond acceptors (Lipinski definition) is 4. The fourth-order valence-electron chi connectivity index (χ4n) is 2.64. The third kappa shape index (κ3) is 2.85. The number of aromatic amines is 1. The second kappa shape index (κ2) is 6.21. The smallest absolute Gasteiger partial charge is 0.212 e. The maximum Gasteiger partial charge on any atom is 0.212 e. The molecule has 0 spiro atoms. The number of ether oxygens (including phenoxy) is 1. The summed E-state index contributed by atoms with van der Waals surface area (Å²) < 4.78 is 27.4. The van der Waals surface area contributed by atoms with Crippen LogP contribution in [-0.4, -0.2) is 30.4 Å². The van der Waals surface area contributed by atoms with Crippen LogP contribution in [0.3, 0.4) is 0 Å². The summed E-state index contributed by atoms with van der Waals surface area (Å²) in [5.41, 5.74) is 2.81. The van der Waals surface area contributed by atoms with Crippen molar-refractivity contribution in [3.05, 3.63) is 51.4 Å². The molecular weight excluding hydrogens is 330 g/mol. The van der Waals surface area contributed by atoms with Gasteiger partial charge >= 0.3 is 0 Å². The second-order valence-electron chi connectivity index (χ2n) is 5.49. The third-order valence-corrected chi connectivity index (χ3v) is 4.43. The van der Waals surface area contributed by atoms with Crippen molar-refractivity contribution < 1.29 is 13.5 Å². The number of rotatable bonds is 4. The summed E-state index contributed by atoms with van der Waals surface area (Å²) in [5.74, 6) is 1.02. The van der Waals surface area contributed by atoms with Gasteiger partial charge in [0.2, 0.25) is 5.95 Å². The molecule has 7 nitrogen and oxygen atoms in total. The van der Waals surface area contributed by atoms with Gasteiger partial charge in [-0.2, -0.15) is 0 Å². The summed E-state index contributed by atoms with van der Waals surface area (Å²) in [6, 6.07) is 5.44. The molecule has 0 fully saturated rings. The highest BCUT2D eigenvalue weighted by Gasteiger charge is 2.16. The first-order chi connectivity index (χ1) is 11.4. The van der Waals surface area contributed by atoms with Crippen LogP contribution in [0.1, 0.15) is 16.8 Å². The number of H-pyrrole nitrogens is 1. The molecule has 1 unspecified atom stereocenters. The monoisotopic (exact) mass is 347 g/mol. The molecule has 0 aliphatic carbocycles. The van der Waals surface area contributed by atoms with Gasteiger partial charge < -0.3 is 14.3 Å². The molecule has 1 atom stereocenters. The average molecular weight is 347 g/mol. The Morgan fingerprint density at radius 1 is 1.38 bits per heavy atom. The van der Waals surface area contributed by atoms with Gasteiger partial charge in [0.25, 0.3) is 0 Å². The lowest BCUT2D eigenvalue weighted by Gasteiger charge is -2.13. The highest BCUT2D eigenvalue weighted by Crippen LogP contribution is 2.21. The summed E-state index contributed by atoms with van der Waals surface area (Å²) >= 11 is -2.07. The number of nitrogens with zero attached hydrogens (tertiary/aromatic N) is 2. The molecule has 126 valence electrons. The summed E-state index contributed by atoms with van der Waals surface area (Å²) in [6.07, 6.45) is 1.63. The van der Waals surface area contributed by atoms with E-state index in [2.05, 4.69) is 9.97 Å². The average Bonchev–Trinajstić information content (AvgIpc) is 2.97. The van der Waals surface area contributed by atoms with E-state index in [1.54, 1.807) is 37.8 Å². The van der Waals surface area contributed by atoms with Crippen LogP contribution in [0.4, 0.5) is 0 Å². The van der Waals surface area contributed by atoms with Crippen molar-refractivity contribution >= 4 is 22.1 Å². The molecule has 0 saturated carbocycles. The van der Waals surface area contributed by atoms with Crippen LogP contribution >= 0.6 is 0 Å². The van der Waals surface area contributed by atoms with E-state index in [0.29, 0.717) is 28.5 Å². The topological polar surface area (TPSA) is 97.2 Å². The van der Waals surface area contributed by atoms with Crippen molar-refractivity contribution in [2.24, 2.45) is 0 Å². The predicted molar refractivity (Wildman–Crippen MR) is 92.2 cm³/mol. The summed E-state index contributed by atoms with van der Waals surface area (Å²) in [5, 5.41) is 0. The lowest BCUT2D eigenvalue weighted by Crippen LogP contribution is -2.20. The largest absolute Gasteiger partial charge is 0.497 e. The van der Waals surface area contributed by atoms with Crippen molar-refractivity contribution in [3.8, 4) is 11.7 Å². The Balaban J connectivity index is 2.24. The Kier molecular flexibility index (Phi) is 4.25. The second-order valence-corrected chi connectivity index (χ2v) is 6.42. The molecule has 0 saturated heterocycles. The van der Waals surface area contributed by atoms with Crippen LogP contribution in [0, 0.1) is 13.8 Å². The standard InChI is InChI=1S/C16H17N3O4S/c1-9-7-19(14(8-24(21)22)10(2)15(9)20)16-17-12-5-4-11(23-3)6-13(12)18-16/h4-7H,8H2,1-3H3,(H,17,18)(H,21,22). The highest BCUT2D eigenvalue weighted by molar-refractivity contribution is 7.78. The number of hydrogen-bond donors (Lipinski definition) is 2. The Bertz CT molecular complexity index is 1010. The molecule has 2 aromatic heterocycles. The quantitative estimate of drug-likeness (QED) is 0.704. The molecule has 2 N–H and O–H groups in total.